The monoisotopic (exact) mass is 467 g/mol. The zero-order chi connectivity index (χ0) is 21.3. The van der Waals surface area contributed by atoms with Gasteiger partial charge in [-0.25, -0.2) is 4.39 Å². The third-order valence-electron chi connectivity index (χ3n) is 5.34. The van der Waals surface area contributed by atoms with Crippen molar-refractivity contribution >= 4 is 33.3 Å². The van der Waals surface area contributed by atoms with E-state index in [1.807, 2.05) is 30.3 Å². The van der Waals surface area contributed by atoms with Crippen molar-refractivity contribution in [3.8, 4) is 0 Å². The van der Waals surface area contributed by atoms with Crippen molar-refractivity contribution in [2.24, 2.45) is 0 Å². The van der Waals surface area contributed by atoms with Gasteiger partial charge in [0.2, 0.25) is 0 Å². The van der Waals surface area contributed by atoms with Gasteiger partial charge in [0.1, 0.15) is 5.82 Å². The van der Waals surface area contributed by atoms with Crippen molar-refractivity contribution in [2.45, 2.75) is 18.4 Å². The van der Waals surface area contributed by atoms with E-state index in [9.17, 15) is 19.1 Å². The third kappa shape index (κ3) is 3.80. The van der Waals surface area contributed by atoms with E-state index in [0.717, 1.165) is 5.56 Å². The number of benzene rings is 3. The van der Waals surface area contributed by atoms with Gasteiger partial charge in [-0.05, 0) is 54.4 Å². The summed E-state index contributed by atoms with van der Waals surface area (Å²) in [6, 6.07) is 20.1. The Morgan fingerprint density at radius 3 is 2.43 bits per heavy atom. The maximum atomic E-state index is 13.3. The lowest BCUT2D eigenvalue weighted by atomic mass is 9.88. The van der Waals surface area contributed by atoms with Gasteiger partial charge in [0, 0.05) is 22.1 Å². The van der Waals surface area contributed by atoms with E-state index >= 15 is 0 Å². The maximum absolute atomic E-state index is 13.3. The number of fused-ring (bicyclic) bond motifs is 1. The fraction of sp³-hybridized carbons (Fsp3) is 0.167. The molecule has 0 spiro atoms. The molecule has 0 aromatic heterocycles. The third-order valence-corrected chi connectivity index (χ3v) is 5.84. The quantitative estimate of drug-likeness (QED) is 0.537. The summed E-state index contributed by atoms with van der Waals surface area (Å²) in [6.07, 6.45) is 0.201. The number of rotatable bonds is 6. The summed E-state index contributed by atoms with van der Waals surface area (Å²) in [5.41, 5.74) is 0.332. The van der Waals surface area contributed by atoms with Crippen LogP contribution in [0.5, 0.6) is 0 Å². The smallest absolute Gasteiger partial charge is 0.264 e. The molecule has 1 N–H and O–H groups in total. The summed E-state index contributed by atoms with van der Waals surface area (Å²) in [6.45, 7) is 0.379. The van der Waals surface area contributed by atoms with E-state index in [-0.39, 0.29) is 5.56 Å². The highest BCUT2D eigenvalue weighted by Gasteiger charge is 2.50. The predicted octanol–water partition coefficient (Wildman–Crippen LogP) is 4.64. The Labute approximate surface area is 182 Å². The summed E-state index contributed by atoms with van der Waals surface area (Å²) in [5, 5.41) is 11.4. The Morgan fingerprint density at radius 2 is 1.73 bits per heavy atom. The highest BCUT2D eigenvalue weighted by molar-refractivity contribution is 9.10. The van der Waals surface area contributed by atoms with Crippen molar-refractivity contribution in [1.29, 1.82) is 0 Å². The average Bonchev–Trinajstić information content (AvgIpc) is 2.94. The topological polar surface area (TPSA) is 57.6 Å². The van der Waals surface area contributed by atoms with Crippen molar-refractivity contribution in [3.63, 3.8) is 0 Å². The summed E-state index contributed by atoms with van der Waals surface area (Å²) < 4.78 is 13.9. The lowest BCUT2D eigenvalue weighted by Crippen LogP contribution is -2.42. The molecule has 1 aliphatic heterocycles. The molecule has 3 aromatic rings. The lowest BCUT2D eigenvalue weighted by molar-refractivity contribution is -0.135. The number of anilines is 1. The largest absolute Gasteiger partial charge is 0.375 e. The van der Waals surface area contributed by atoms with Gasteiger partial charge in [-0.2, -0.15) is 0 Å². The van der Waals surface area contributed by atoms with Crippen LogP contribution in [0, 0.1) is 5.82 Å². The van der Waals surface area contributed by atoms with Gasteiger partial charge in [0.25, 0.3) is 5.91 Å². The van der Waals surface area contributed by atoms with Gasteiger partial charge < -0.3 is 10.0 Å². The maximum Gasteiger partial charge on any atom is 0.264 e. The second-order valence-corrected chi connectivity index (χ2v) is 8.24. The van der Waals surface area contributed by atoms with Crippen LogP contribution < -0.4 is 4.90 Å². The molecule has 4 rings (SSSR count). The Hall–Kier alpha value is -2.83. The fourth-order valence-corrected chi connectivity index (χ4v) is 4.13. The van der Waals surface area contributed by atoms with Gasteiger partial charge in [0.05, 0.1) is 12.1 Å². The van der Waals surface area contributed by atoms with Crippen LogP contribution in [0.1, 0.15) is 27.9 Å². The zero-order valence-electron chi connectivity index (χ0n) is 16.0. The second kappa shape index (κ2) is 8.13. The summed E-state index contributed by atoms with van der Waals surface area (Å²) >= 11 is 3.38. The molecule has 1 amide bonds. The molecule has 1 atom stereocenters. The van der Waals surface area contributed by atoms with E-state index in [2.05, 4.69) is 15.9 Å². The van der Waals surface area contributed by atoms with E-state index in [1.165, 1.54) is 29.2 Å². The van der Waals surface area contributed by atoms with Crippen molar-refractivity contribution in [3.05, 3.63) is 99.8 Å². The van der Waals surface area contributed by atoms with Crippen LogP contribution in [-0.4, -0.2) is 23.3 Å². The van der Waals surface area contributed by atoms with Gasteiger partial charge in [-0.15, -0.1) is 0 Å². The van der Waals surface area contributed by atoms with E-state index in [0.29, 0.717) is 28.7 Å². The number of nitrogens with zero attached hydrogens (tertiary/aromatic N) is 1. The Balaban J connectivity index is 1.64. The van der Waals surface area contributed by atoms with Crippen molar-refractivity contribution in [2.75, 3.05) is 11.4 Å². The SMILES string of the molecule is O=C(C[C@]1(O)C(=O)N(CCc2ccccc2)c2ccc(Br)cc21)c1ccc(F)cc1. The van der Waals surface area contributed by atoms with Gasteiger partial charge in [0.15, 0.2) is 11.4 Å². The highest BCUT2D eigenvalue weighted by Crippen LogP contribution is 2.44. The predicted molar refractivity (Wildman–Crippen MR) is 116 cm³/mol. The molecule has 1 aliphatic rings. The number of aliphatic hydroxyl groups is 1. The molecule has 0 saturated heterocycles. The molecule has 4 nitrogen and oxygen atoms in total. The molecule has 6 heteroatoms. The molecule has 3 aromatic carbocycles. The molecule has 30 heavy (non-hydrogen) atoms. The van der Waals surface area contributed by atoms with E-state index in [4.69, 9.17) is 0 Å². The minimum atomic E-state index is -1.97. The number of hydrogen-bond acceptors (Lipinski definition) is 3. The summed E-state index contributed by atoms with van der Waals surface area (Å²) in [5.74, 6) is -1.41. The highest BCUT2D eigenvalue weighted by atomic mass is 79.9. The molecule has 0 bridgehead atoms. The first-order chi connectivity index (χ1) is 14.4. The first-order valence-corrected chi connectivity index (χ1v) is 10.3. The van der Waals surface area contributed by atoms with Crippen molar-refractivity contribution < 1.29 is 19.1 Å². The summed E-state index contributed by atoms with van der Waals surface area (Å²) in [4.78, 5) is 27.6. The van der Waals surface area contributed by atoms with Crippen LogP contribution in [0.15, 0.2) is 77.3 Å². The Bertz CT molecular complexity index is 1100. The van der Waals surface area contributed by atoms with E-state index in [1.54, 1.807) is 18.2 Å². The van der Waals surface area contributed by atoms with Crippen LogP contribution in [0.2, 0.25) is 0 Å². The molecule has 0 saturated carbocycles. The van der Waals surface area contributed by atoms with Crippen LogP contribution in [0.25, 0.3) is 0 Å². The van der Waals surface area contributed by atoms with Crippen LogP contribution in [-0.2, 0) is 16.8 Å². The normalized spacial score (nSPS) is 17.8. The average molecular weight is 468 g/mol. The zero-order valence-corrected chi connectivity index (χ0v) is 17.6. The standard InChI is InChI=1S/C24H19BrFNO3/c25-18-8-11-21-20(14-18)24(30,15-22(28)17-6-9-19(26)10-7-17)23(29)27(21)13-12-16-4-2-1-3-5-16/h1-11,14,30H,12-13,15H2/t24-/m1/s1. The number of amides is 1. The minimum Gasteiger partial charge on any atom is -0.375 e. The van der Waals surface area contributed by atoms with Gasteiger partial charge in [-0.1, -0.05) is 46.3 Å². The number of carbonyl (C=O) groups is 2. The Morgan fingerprint density at radius 1 is 1.03 bits per heavy atom. The fourth-order valence-electron chi connectivity index (χ4n) is 3.77. The molecule has 0 fully saturated rings. The number of carbonyl (C=O) groups excluding carboxylic acids is 2. The second-order valence-electron chi connectivity index (χ2n) is 7.32. The van der Waals surface area contributed by atoms with Crippen molar-refractivity contribution in [1.82, 2.24) is 0 Å². The molecule has 152 valence electrons. The van der Waals surface area contributed by atoms with Crippen LogP contribution >= 0.6 is 15.9 Å². The van der Waals surface area contributed by atoms with Crippen LogP contribution in [0.4, 0.5) is 10.1 Å². The first kappa shape index (κ1) is 20.4. The number of hydrogen-bond donors (Lipinski definition) is 1. The molecule has 1 heterocycles. The van der Waals surface area contributed by atoms with Gasteiger partial charge >= 0.3 is 0 Å². The number of halogens is 2. The number of Topliss-reactive ketones (excluding diaryl/α,β-unsaturated/α-hetero) is 1. The number of ketones is 1. The van der Waals surface area contributed by atoms with E-state index < -0.39 is 29.5 Å². The summed E-state index contributed by atoms with van der Waals surface area (Å²) in [7, 11) is 0. The molecular weight excluding hydrogens is 449 g/mol. The molecule has 0 radical (unpaired) electrons. The Kier molecular flexibility index (Phi) is 5.54. The lowest BCUT2D eigenvalue weighted by Gasteiger charge is -2.23. The molecule has 0 aliphatic carbocycles. The molecular formula is C24H19BrFNO3. The molecule has 0 unspecified atom stereocenters. The first-order valence-electron chi connectivity index (χ1n) is 9.55. The van der Waals surface area contributed by atoms with Gasteiger partial charge in [-0.3, -0.25) is 9.59 Å². The van der Waals surface area contributed by atoms with Crippen LogP contribution in [0.3, 0.4) is 0 Å². The minimum absolute atomic E-state index is 0.247.